The van der Waals surface area contributed by atoms with E-state index in [-0.39, 0.29) is 0 Å². The highest BCUT2D eigenvalue weighted by Crippen LogP contribution is 2.30. The second kappa shape index (κ2) is 7.09. The van der Waals surface area contributed by atoms with Gasteiger partial charge in [0, 0.05) is 24.8 Å². The lowest BCUT2D eigenvalue weighted by Gasteiger charge is -2.21. The molecule has 0 saturated carbocycles. The van der Waals surface area contributed by atoms with Crippen LogP contribution in [0.3, 0.4) is 0 Å². The van der Waals surface area contributed by atoms with Gasteiger partial charge in [0.05, 0.1) is 12.7 Å². The highest BCUT2D eigenvalue weighted by molar-refractivity contribution is 5.59. The summed E-state index contributed by atoms with van der Waals surface area (Å²) in [7, 11) is 0. The molecular formula is C17H28N2O. The van der Waals surface area contributed by atoms with Crippen molar-refractivity contribution in [3.05, 3.63) is 29.3 Å². The van der Waals surface area contributed by atoms with Gasteiger partial charge in [-0.1, -0.05) is 19.1 Å². The van der Waals surface area contributed by atoms with E-state index in [0.717, 1.165) is 32.7 Å². The van der Waals surface area contributed by atoms with E-state index in [1.54, 1.807) is 0 Å². The van der Waals surface area contributed by atoms with Gasteiger partial charge >= 0.3 is 0 Å². The third-order valence-corrected chi connectivity index (χ3v) is 3.92. The van der Waals surface area contributed by atoms with E-state index in [1.165, 1.54) is 16.8 Å². The Kier molecular flexibility index (Phi) is 5.44. The normalized spacial score (nSPS) is 15.8. The molecule has 0 spiro atoms. The van der Waals surface area contributed by atoms with E-state index in [0.29, 0.717) is 12.1 Å². The predicted octanol–water partition coefficient (Wildman–Crippen LogP) is 3.14. The Morgan fingerprint density at radius 2 is 2.10 bits per heavy atom. The van der Waals surface area contributed by atoms with Crippen LogP contribution in [-0.2, 0) is 11.2 Å². The molecule has 2 rings (SSSR count). The zero-order valence-electron chi connectivity index (χ0n) is 13.3. The quantitative estimate of drug-likeness (QED) is 0.828. The Labute approximate surface area is 123 Å². The van der Waals surface area contributed by atoms with E-state index in [9.17, 15) is 0 Å². The molecule has 112 valence electrons. The van der Waals surface area contributed by atoms with Crippen molar-refractivity contribution >= 4 is 5.69 Å². The number of benzene rings is 1. The molecule has 20 heavy (non-hydrogen) atoms. The van der Waals surface area contributed by atoms with E-state index < -0.39 is 0 Å². The summed E-state index contributed by atoms with van der Waals surface area (Å²) in [6, 6.07) is 7.34. The molecule has 1 aromatic rings. The fraction of sp³-hybridized carbons (Fsp3) is 0.647. The van der Waals surface area contributed by atoms with Crippen molar-refractivity contribution in [3.8, 4) is 0 Å². The predicted molar refractivity (Wildman–Crippen MR) is 85.5 cm³/mol. The van der Waals surface area contributed by atoms with Gasteiger partial charge in [0.2, 0.25) is 0 Å². The van der Waals surface area contributed by atoms with E-state index >= 15 is 0 Å². The molecular weight excluding hydrogens is 248 g/mol. The van der Waals surface area contributed by atoms with Crippen molar-refractivity contribution in [1.29, 1.82) is 0 Å². The molecule has 1 N–H and O–H groups in total. The average molecular weight is 276 g/mol. The Hall–Kier alpha value is -1.06. The van der Waals surface area contributed by atoms with Crippen LogP contribution in [-0.4, -0.2) is 32.3 Å². The van der Waals surface area contributed by atoms with Gasteiger partial charge in [-0.15, -0.1) is 0 Å². The Morgan fingerprint density at radius 3 is 2.80 bits per heavy atom. The Balaban J connectivity index is 1.99. The minimum atomic E-state index is 0.320. The molecule has 0 aliphatic carbocycles. The van der Waals surface area contributed by atoms with Gasteiger partial charge in [0.1, 0.15) is 0 Å². The summed E-state index contributed by atoms with van der Waals surface area (Å²) in [6.07, 6.45) is 1.48. The van der Waals surface area contributed by atoms with Crippen molar-refractivity contribution < 1.29 is 4.74 Å². The minimum absolute atomic E-state index is 0.320. The van der Waals surface area contributed by atoms with Crippen LogP contribution in [0.15, 0.2) is 18.2 Å². The standard InChI is InChI=1S/C17H28N2O/c1-5-18-14(4)15-6-7-17-16(12-15)8-9-19(17)10-11-20-13(2)3/h6-7,12-14,18H,5,8-11H2,1-4H3. The summed E-state index contributed by atoms with van der Waals surface area (Å²) < 4.78 is 5.66. The molecule has 1 aromatic carbocycles. The first-order chi connectivity index (χ1) is 9.61. The average Bonchev–Trinajstić information content (AvgIpc) is 2.81. The van der Waals surface area contributed by atoms with Crippen molar-refractivity contribution in [2.45, 2.75) is 46.3 Å². The van der Waals surface area contributed by atoms with Gasteiger partial charge in [-0.2, -0.15) is 0 Å². The zero-order chi connectivity index (χ0) is 14.5. The number of nitrogens with one attached hydrogen (secondary N) is 1. The first kappa shape index (κ1) is 15.3. The van der Waals surface area contributed by atoms with Crippen LogP contribution in [0.4, 0.5) is 5.69 Å². The summed E-state index contributed by atoms with van der Waals surface area (Å²) in [5, 5.41) is 3.48. The van der Waals surface area contributed by atoms with Crippen molar-refractivity contribution in [2.75, 3.05) is 31.1 Å². The maximum Gasteiger partial charge on any atom is 0.0645 e. The number of ether oxygens (including phenoxy) is 1. The zero-order valence-corrected chi connectivity index (χ0v) is 13.3. The lowest BCUT2D eigenvalue weighted by molar-refractivity contribution is 0.0843. The number of fused-ring (bicyclic) bond motifs is 1. The smallest absolute Gasteiger partial charge is 0.0645 e. The van der Waals surface area contributed by atoms with E-state index in [1.807, 2.05) is 0 Å². The van der Waals surface area contributed by atoms with Crippen LogP contribution in [0.25, 0.3) is 0 Å². The van der Waals surface area contributed by atoms with E-state index in [2.05, 4.69) is 56.1 Å². The van der Waals surface area contributed by atoms with Gasteiger partial charge in [0.15, 0.2) is 0 Å². The molecule has 0 amide bonds. The van der Waals surface area contributed by atoms with Crippen molar-refractivity contribution in [2.24, 2.45) is 0 Å². The fourth-order valence-electron chi connectivity index (χ4n) is 2.81. The molecule has 1 aliphatic rings. The van der Waals surface area contributed by atoms with Gasteiger partial charge in [-0.3, -0.25) is 0 Å². The molecule has 1 aliphatic heterocycles. The lowest BCUT2D eigenvalue weighted by atomic mass is 10.0. The molecule has 0 bridgehead atoms. The number of hydrogen-bond donors (Lipinski definition) is 1. The van der Waals surface area contributed by atoms with Gasteiger partial charge in [-0.05, 0) is 50.9 Å². The largest absolute Gasteiger partial charge is 0.377 e. The van der Waals surface area contributed by atoms with Crippen molar-refractivity contribution in [1.82, 2.24) is 5.32 Å². The maximum absolute atomic E-state index is 5.66. The van der Waals surface area contributed by atoms with Crippen molar-refractivity contribution in [3.63, 3.8) is 0 Å². The SMILES string of the molecule is CCNC(C)c1ccc2c(c1)CCN2CCOC(C)C. The number of nitrogens with zero attached hydrogens (tertiary/aromatic N) is 1. The maximum atomic E-state index is 5.66. The molecule has 1 unspecified atom stereocenters. The third kappa shape index (κ3) is 3.74. The van der Waals surface area contributed by atoms with Gasteiger partial charge in [0.25, 0.3) is 0 Å². The fourth-order valence-corrected chi connectivity index (χ4v) is 2.81. The molecule has 3 heteroatoms. The van der Waals surface area contributed by atoms with Gasteiger partial charge in [-0.25, -0.2) is 0 Å². The molecule has 0 saturated heterocycles. The van der Waals surface area contributed by atoms with Crippen LogP contribution in [0.1, 0.15) is 44.9 Å². The van der Waals surface area contributed by atoms with Crippen LogP contribution >= 0.6 is 0 Å². The monoisotopic (exact) mass is 276 g/mol. The van der Waals surface area contributed by atoms with Crippen LogP contribution in [0, 0.1) is 0 Å². The highest BCUT2D eigenvalue weighted by Gasteiger charge is 2.19. The van der Waals surface area contributed by atoms with Crippen LogP contribution in [0.5, 0.6) is 0 Å². The molecule has 1 heterocycles. The summed E-state index contributed by atoms with van der Waals surface area (Å²) >= 11 is 0. The molecule has 0 aromatic heterocycles. The van der Waals surface area contributed by atoms with Gasteiger partial charge < -0.3 is 15.0 Å². The van der Waals surface area contributed by atoms with E-state index in [4.69, 9.17) is 4.74 Å². The number of anilines is 1. The molecule has 0 fully saturated rings. The second-order valence-corrected chi connectivity index (χ2v) is 5.82. The van der Waals surface area contributed by atoms with Crippen LogP contribution < -0.4 is 10.2 Å². The molecule has 3 nitrogen and oxygen atoms in total. The first-order valence-corrected chi connectivity index (χ1v) is 7.84. The number of hydrogen-bond acceptors (Lipinski definition) is 3. The summed E-state index contributed by atoms with van der Waals surface area (Å²) in [5.74, 6) is 0. The first-order valence-electron chi connectivity index (χ1n) is 7.84. The summed E-state index contributed by atoms with van der Waals surface area (Å²) in [6.45, 7) is 12.5. The highest BCUT2D eigenvalue weighted by atomic mass is 16.5. The number of rotatable bonds is 7. The Morgan fingerprint density at radius 1 is 1.30 bits per heavy atom. The summed E-state index contributed by atoms with van der Waals surface area (Å²) in [5.41, 5.74) is 4.27. The molecule has 0 radical (unpaired) electrons. The Bertz CT molecular complexity index is 431. The molecule has 1 atom stereocenters. The third-order valence-electron chi connectivity index (χ3n) is 3.92. The lowest BCUT2D eigenvalue weighted by Crippen LogP contribution is -2.26. The topological polar surface area (TPSA) is 24.5 Å². The summed E-state index contributed by atoms with van der Waals surface area (Å²) in [4.78, 5) is 2.44. The minimum Gasteiger partial charge on any atom is -0.377 e. The second-order valence-electron chi connectivity index (χ2n) is 5.82. The van der Waals surface area contributed by atoms with Crippen LogP contribution in [0.2, 0.25) is 0 Å².